The number of ether oxygens (including phenoxy) is 2. The van der Waals surface area contributed by atoms with Crippen LogP contribution in [0, 0.1) is 40.5 Å². The molecule has 0 saturated heterocycles. The van der Waals surface area contributed by atoms with Gasteiger partial charge in [0.25, 0.3) is 0 Å². The Hall–Kier alpha value is -2.38. The average Bonchev–Trinajstić information content (AvgIpc) is 3.13. The van der Waals surface area contributed by atoms with Gasteiger partial charge in [-0.05, 0) is 23.8 Å². The number of methoxy groups -OCH3 is 1. The van der Waals surface area contributed by atoms with E-state index in [1.807, 2.05) is 0 Å². The number of esters is 1. The molecule has 0 spiro atoms. The molecule has 2 rings (SSSR count). The summed E-state index contributed by atoms with van der Waals surface area (Å²) in [5.41, 5.74) is -1.10. The van der Waals surface area contributed by atoms with Gasteiger partial charge in [-0.25, -0.2) is 8.78 Å². The maximum Gasteiger partial charge on any atom is 0.310 e. The van der Waals surface area contributed by atoms with Crippen molar-refractivity contribution in [2.75, 3.05) is 7.11 Å². The van der Waals surface area contributed by atoms with Gasteiger partial charge >= 0.3 is 5.97 Å². The number of carbonyl (C=O) groups excluding carboxylic acids is 2. The topological polar surface area (TPSA) is 52.6 Å². The number of halogens is 4. The molecule has 0 N–H and O–H groups in total. The van der Waals surface area contributed by atoms with Crippen molar-refractivity contribution in [1.29, 1.82) is 0 Å². The van der Waals surface area contributed by atoms with Crippen LogP contribution in [0.3, 0.4) is 0 Å². The molecule has 1 aromatic carbocycles. The summed E-state index contributed by atoms with van der Waals surface area (Å²) in [4.78, 5) is 22.9. The van der Waals surface area contributed by atoms with Crippen molar-refractivity contribution in [3.63, 3.8) is 0 Å². The lowest BCUT2D eigenvalue weighted by Crippen LogP contribution is -2.14. The summed E-state index contributed by atoms with van der Waals surface area (Å²) in [6.07, 6.45) is 2.26. The van der Waals surface area contributed by atoms with Crippen LogP contribution in [0.15, 0.2) is 11.6 Å². The summed E-state index contributed by atoms with van der Waals surface area (Å²) >= 11 is 0. The Morgan fingerprint density at radius 2 is 1.65 bits per heavy atom. The normalized spacial score (nSPS) is 21.3. The van der Waals surface area contributed by atoms with Crippen LogP contribution in [-0.2, 0) is 20.9 Å². The predicted molar refractivity (Wildman–Crippen MR) is 83.2 cm³/mol. The van der Waals surface area contributed by atoms with E-state index in [1.54, 1.807) is 26.8 Å². The van der Waals surface area contributed by atoms with Crippen LogP contribution < -0.4 is 4.74 Å². The molecule has 142 valence electrons. The first-order chi connectivity index (χ1) is 12.1. The fourth-order valence-electron chi connectivity index (χ4n) is 2.96. The highest BCUT2D eigenvalue weighted by molar-refractivity contribution is 5.79. The molecule has 8 heteroatoms. The molecule has 2 atom stereocenters. The smallest absolute Gasteiger partial charge is 0.310 e. The maximum atomic E-state index is 13.9. The van der Waals surface area contributed by atoms with Crippen molar-refractivity contribution in [3.05, 3.63) is 40.5 Å². The number of hydrogen-bond donors (Lipinski definition) is 0. The van der Waals surface area contributed by atoms with E-state index >= 15 is 0 Å². The van der Waals surface area contributed by atoms with Crippen LogP contribution in [0.5, 0.6) is 5.75 Å². The Labute approximate surface area is 147 Å². The maximum absolute atomic E-state index is 13.9. The van der Waals surface area contributed by atoms with Crippen LogP contribution >= 0.6 is 0 Å². The van der Waals surface area contributed by atoms with Crippen molar-refractivity contribution in [2.24, 2.45) is 17.3 Å². The van der Waals surface area contributed by atoms with Gasteiger partial charge in [0.15, 0.2) is 17.4 Å². The molecule has 1 aliphatic rings. The van der Waals surface area contributed by atoms with E-state index in [0.29, 0.717) is 11.9 Å². The van der Waals surface area contributed by atoms with E-state index in [2.05, 4.69) is 4.74 Å². The van der Waals surface area contributed by atoms with Gasteiger partial charge in [-0.3, -0.25) is 9.59 Å². The van der Waals surface area contributed by atoms with Crippen molar-refractivity contribution in [1.82, 2.24) is 0 Å². The monoisotopic (exact) mass is 374 g/mol. The van der Waals surface area contributed by atoms with Crippen molar-refractivity contribution >= 4 is 12.3 Å². The first-order valence-corrected chi connectivity index (χ1v) is 7.76. The van der Waals surface area contributed by atoms with E-state index in [9.17, 15) is 27.2 Å². The summed E-state index contributed by atoms with van der Waals surface area (Å²) in [5.74, 6) is -9.64. The van der Waals surface area contributed by atoms with E-state index in [-0.39, 0.29) is 5.92 Å². The largest absolute Gasteiger partial charge is 0.491 e. The molecule has 0 amide bonds. The third kappa shape index (κ3) is 3.32. The zero-order valence-electron chi connectivity index (χ0n) is 14.7. The van der Waals surface area contributed by atoms with E-state index in [0.717, 1.165) is 7.11 Å². The Bertz CT molecular complexity index is 757. The lowest BCUT2D eigenvalue weighted by atomic mass is 10.1. The highest BCUT2D eigenvalue weighted by Crippen LogP contribution is 2.59. The number of rotatable bonds is 6. The van der Waals surface area contributed by atoms with Crippen LogP contribution in [0.2, 0.25) is 0 Å². The fraction of sp³-hybridized carbons (Fsp3) is 0.444. The number of benzene rings is 1. The summed E-state index contributed by atoms with van der Waals surface area (Å²) < 4.78 is 64.3. The van der Waals surface area contributed by atoms with Gasteiger partial charge < -0.3 is 9.47 Å². The second-order valence-electron chi connectivity index (χ2n) is 6.73. The second kappa shape index (κ2) is 7.09. The van der Waals surface area contributed by atoms with Gasteiger partial charge in [0.1, 0.15) is 12.9 Å². The summed E-state index contributed by atoms with van der Waals surface area (Å²) in [6, 6.07) is 0. The zero-order valence-corrected chi connectivity index (χ0v) is 14.7. The van der Waals surface area contributed by atoms with Crippen molar-refractivity contribution < 1.29 is 36.6 Å². The fourth-order valence-corrected chi connectivity index (χ4v) is 2.96. The molecular formula is C18H18F4O4. The van der Waals surface area contributed by atoms with Crippen molar-refractivity contribution in [2.45, 2.75) is 27.4 Å². The molecule has 26 heavy (non-hydrogen) atoms. The van der Waals surface area contributed by atoms with Gasteiger partial charge in [0.05, 0.1) is 18.6 Å². The molecule has 0 aliphatic heterocycles. The van der Waals surface area contributed by atoms with Gasteiger partial charge in [0.2, 0.25) is 11.6 Å². The van der Waals surface area contributed by atoms with Gasteiger partial charge in [-0.15, -0.1) is 0 Å². The number of allylic oxidation sites excluding steroid dienone is 2. The Kier molecular flexibility index (Phi) is 5.44. The van der Waals surface area contributed by atoms with Gasteiger partial charge in [0, 0.05) is 0 Å². The molecule has 0 bridgehead atoms. The van der Waals surface area contributed by atoms with E-state index in [1.165, 1.54) is 0 Å². The minimum Gasteiger partial charge on any atom is -0.491 e. The van der Waals surface area contributed by atoms with E-state index < -0.39 is 58.5 Å². The Morgan fingerprint density at radius 3 is 2.12 bits per heavy atom. The number of hydrogen-bond acceptors (Lipinski definition) is 4. The minimum atomic E-state index is -1.70. The highest BCUT2D eigenvalue weighted by atomic mass is 19.2. The lowest BCUT2D eigenvalue weighted by Gasteiger charge is -2.11. The van der Waals surface area contributed by atoms with Crippen LogP contribution in [0.25, 0.3) is 0 Å². The molecular weight excluding hydrogens is 356 g/mol. The van der Waals surface area contributed by atoms with Crippen LogP contribution in [0.1, 0.15) is 26.3 Å². The molecule has 1 saturated carbocycles. The third-order valence-electron chi connectivity index (χ3n) is 4.67. The quantitative estimate of drug-likeness (QED) is 0.250. The Morgan fingerprint density at radius 1 is 1.12 bits per heavy atom. The first-order valence-electron chi connectivity index (χ1n) is 7.76. The number of aldehydes is 1. The lowest BCUT2D eigenvalue weighted by molar-refractivity contribution is -0.147. The predicted octanol–water partition coefficient (Wildman–Crippen LogP) is 3.71. The average molecular weight is 374 g/mol. The van der Waals surface area contributed by atoms with Crippen LogP contribution in [0.4, 0.5) is 17.6 Å². The molecule has 1 aromatic rings. The van der Waals surface area contributed by atoms with Crippen LogP contribution in [-0.4, -0.2) is 19.4 Å². The molecule has 0 heterocycles. The molecule has 0 radical (unpaired) electrons. The third-order valence-corrected chi connectivity index (χ3v) is 4.67. The van der Waals surface area contributed by atoms with E-state index in [4.69, 9.17) is 4.74 Å². The minimum absolute atomic E-state index is 0.278. The molecule has 1 fully saturated rings. The standard InChI is InChI=1S/C18H18F4O4/c1-8(6-23)5-10-11(18(10,2)3)17(24)26-7-9-12(19)14(21)16(25-4)15(22)13(9)20/h5-6,10-11H,7H2,1-4H3/b8-5+. The van der Waals surface area contributed by atoms with Gasteiger partial charge in [-0.2, -0.15) is 8.78 Å². The Balaban J connectivity index is 2.18. The summed E-state index contributed by atoms with van der Waals surface area (Å²) in [7, 11) is 0.865. The molecule has 0 aromatic heterocycles. The summed E-state index contributed by atoms with van der Waals surface area (Å²) in [5, 5.41) is 0. The SMILES string of the molecule is COc1c(F)c(F)c(COC(=O)C2C(/C=C(\C)C=O)C2(C)C)c(F)c1F. The van der Waals surface area contributed by atoms with Gasteiger partial charge in [-0.1, -0.05) is 19.9 Å². The molecule has 4 nitrogen and oxygen atoms in total. The zero-order chi connectivity index (χ0) is 19.8. The summed E-state index contributed by atoms with van der Waals surface area (Å²) in [6.45, 7) is 4.15. The molecule has 1 aliphatic carbocycles. The second-order valence-corrected chi connectivity index (χ2v) is 6.73. The first kappa shape index (κ1) is 19.9. The molecule has 2 unspecified atom stereocenters. The van der Waals surface area contributed by atoms with Crippen molar-refractivity contribution in [3.8, 4) is 5.75 Å². The number of carbonyl (C=O) groups is 2. The highest BCUT2D eigenvalue weighted by Gasteiger charge is 2.61.